The summed E-state index contributed by atoms with van der Waals surface area (Å²) in [5.74, 6) is -2.62. The summed E-state index contributed by atoms with van der Waals surface area (Å²) in [5, 5.41) is 23.5. The van der Waals surface area contributed by atoms with Crippen molar-refractivity contribution >= 4 is 35.5 Å². The summed E-state index contributed by atoms with van der Waals surface area (Å²) in [6.07, 6.45) is 1.91. The molecule has 10 nitrogen and oxygen atoms in total. The van der Waals surface area contributed by atoms with Crippen molar-refractivity contribution in [2.45, 2.75) is 43.8 Å². The number of benzene rings is 1. The summed E-state index contributed by atoms with van der Waals surface area (Å²) in [4.78, 5) is 47.5. The van der Waals surface area contributed by atoms with Crippen LogP contribution in [0.25, 0.3) is 0 Å². The number of aliphatic carboxylic acids is 1. The monoisotopic (exact) mass is 440 g/mol. The second-order valence-electron chi connectivity index (χ2n) is 6.72. The van der Waals surface area contributed by atoms with E-state index in [0.29, 0.717) is 11.3 Å². The van der Waals surface area contributed by atoms with Crippen LogP contribution in [0, 0.1) is 0 Å². The minimum atomic E-state index is -1.19. The van der Waals surface area contributed by atoms with E-state index < -0.39 is 41.8 Å². The molecule has 3 unspecified atom stereocenters. The van der Waals surface area contributed by atoms with E-state index in [2.05, 4.69) is 10.6 Å². The first kappa shape index (κ1) is 25.2. The van der Waals surface area contributed by atoms with Gasteiger partial charge in [-0.15, -0.1) is 0 Å². The number of carbonyl (C=O) groups is 4. The first-order valence-electron chi connectivity index (χ1n) is 9.28. The Morgan fingerprint density at radius 1 is 1.03 bits per heavy atom. The minimum absolute atomic E-state index is 0.0782. The highest BCUT2D eigenvalue weighted by atomic mass is 32.2. The zero-order chi connectivity index (χ0) is 22.7. The van der Waals surface area contributed by atoms with Gasteiger partial charge in [-0.05, 0) is 49.0 Å². The van der Waals surface area contributed by atoms with Crippen LogP contribution in [0.5, 0.6) is 5.75 Å². The van der Waals surface area contributed by atoms with Gasteiger partial charge in [-0.2, -0.15) is 11.8 Å². The van der Waals surface area contributed by atoms with Gasteiger partial charge in [-0.3, -0.25) is 14.4 Å². The SMILES string of the molecule is CSCCC(NC(=O)C(CCC(N)=O)NC(=O)C(N)Cc1ccc(O)cc1)C(=O)O. The minimum Gasteiger partial charge on any atom is -0.508 e. The highest BCUT2D eigenvalue weighted by Gasteiger charge is 2.28. The lowest BCUT2D eigenvalue weighted by Gasteiger charge is -2.22. The molecule has 1 aromatic carbocycles. The number of aromatic hydroxyl groups is 1. The van der Waals surface area contributed by atoms with Crippen LogP contribution < -0.4 is 22.1 Å². The number of hydrogen-bond donors (Lipinski definition) is 6. The molecular weight excluding hydrogens is 412 g/mol. The Labute approximate surface area is 178 Å². The number of nitrogens with one attached hydrogen (secondary N) is 2. The molecule has 0 bridgehead atoms. The zero-order valence-electron chi connectivity index (χ0n) is 16.7. The molecule has 0 aliphatic carbocycles. The van der Waals surface area contributed by atoms with E-state index in [0.717, 1.165) is 0 Å². The Morgan fingerprint density at radius 2 is 1.63 bits per heavy atom. The second-order valence-corrected chi connectivity index (χ2v) is 7.71. The summed E-state index contributed by atoms with van der Waals surface area (Å²) in [5.41, 5.74) is 11.8. The van der Waals surface area contributed by atoms with Gasteiger partial charge >= 0.3 is 5.97 Å². The van der Waals surface area contributed by atoms with E-state index in [9.17, 15) is 29.4 Å². The topological polar surface area (TPSA) is 185 Å². The molecule has 0 saturated heterocycles. The highest BCUT2D eigenvalue weighted by Crippen LogP contribution is 2.11. The maximum atomic E-state index is 12.6. The molecule has 3 atom stereocenters. The smallest absolute Gasteiger partial charge is 0.326 e. The van der Waals surface area contributed by atoms with Crippen LogP contribution in [0.1, 0.15) is 24.8 Å². The second kappa shape index (κ2) is 12.7. The van der Waals surface area contributed by atoms with Crippen molar-refractivity contribution in [1.29, 1.82) is 0 Å². The number of carbonyl (C=O) groups excluding carboxylic acids is 3. The van der Waals surface area contributed by atoms with E-state index in [1.54, 1.807) is 12.1 Å². The van der Waals surface area contributed by atoms with E-state index >= 15 is 0 Å². The molecule has 0 aliphatic heterocycles. The number of phenols is 1. The molecule has 0 heterocycles. The number of hydrogen-bond acceptors (Lipinski definition) is 7. The van der Waals surface area contributed by atoms with Crippen LogP contribution in [0.4, 0.5) is 0 Å². The molecule has 0 aliphatic rings. The summed E-state index contributed by atoms with van der Waals surface area (Å²) < 4.78 is 0. The molecule has 8 N–H and O–H groups in total. The summed E-state index contributed by atoms with van der Waals surface area (Å²) >= 11 is 1.44. The average Bonchev–Trinajstić information content (AvgIpc) is 2.69. The third-order valence-electron chi connectivity index (χ3n) is 4.27. The molecule has 0 spiro atoms. The van der Waals surface area contributed by atoms with E-state index in [1.807, 2.05) is 6.26 Å². The highest BCUT2D eigenvalue weighted by molar-refractivity contribution is 7.98. The Hall–Kier alpha value is -2.79. The van der Waals surface area contributed by atoms with Gasteiger partial charge in [0.15, 0.2) is 0 Å². The molecule has 166 valence electrons. The fourth-order valence-corrected chi connectivity index (χ4v) is 3.05. The van der Waals surface area contributed by atoms with Crippen molar-refractivity contribution < 1.29 is 29.4 Å². The van der Waals surface area contributed by atoms with Gasteiger partial charge < -0.3 is 32.3 Å². The fourth-order valence-electron chi connectivity index (χ4n) is 2.58. The third-order valence-corrected chi connectivity index (χ3v) is 4.91. The van der Waals surface area contributed by atoms with E-state index in [1.165, 1.54) is 23.9 Å². The predicted molar refractivity (Wildman–Crippen MR) is 113 cm³/mol. The number of phenolic OH excluding ortho intramolecular Hbond substituents is 1. The molecular formula is C19H28N4O6S. The van der Waals surface area contributed by atoms with Crippen LogP contribution in [-0.2, 0) is 25.6 Å². The van der Waals surface area contributed by atoms with Gasteiger partial charge in [-0.25, -0.2) is 4.79 Å². The maximum absolute atomic E-state index is 12.6. The average molecular weight is 441 g/mol. The lowest BCUT2D eigenvalue weighted by molar-refractivity contribution is -0.142. The molecule has 1 rings (SSSR count). The molecule has 0 fully saturated rings. The molecule has 0 saturated carbocycles. The number of carboxylic acids is 1. The Morgan fingerprint density at radius 3 is 2.17 bits per heavy atom. The standard InChI is InChI=1S/C19H28N4O6S/c1-30-9-8-15(19(28)29)23-18(27)14(6-7-16(21)25)22-17(26)13(20)10-11-2-4-12(24)5-3-11/h2-5,13-15,24H,6-10,20H2,1H3,(H2,21,25)(H,22,26)(H,23,27)(H,28,29). The normalized spacial score (nSPS) is 13.7. The number of primary amides is 1. The van der Waals surface area contributed by atoms with E-state index in [4.69, 9.17) is 11.5 Å². The van der Waals surface area contributed by atoms with E-state index in [-0.39, 0.29) is 31.4 Å². The Kier molecular flexibility index (Phi) is 10.7. The summed E-state index contributed by atoms with van der Waals surface area (Å²) in [7, 11) is 0. The Balaban J connectivity index is 2.80. The molecule has 11 heteroatoms. The van der Waals surface area contributed by atoms with Crippen molar-refractivity contribution in [3.63, 3.8) is 0 Å². The van der Waals surface area contributed by atoms with Gasteiger partial charge in [0.05, 0.1) is 6.04 Å². The Bertz CT molecular complexity index is 743. The van der Waals surface area contributed by atoms with Crippen molar-refractivity contribution in [3.8, 4) is 5.75 Å². The van der Waals surface area contributed by atoms with Crippen LogP contribution in [0.3, 0.4) is 0 Å². The van der Waals surface area contributed by atoms with Gasteiger partial charge in [0.25, 0.3) is 0 Å². The fraction of sp³-hybridized carbons (Fsp3) is 0.474. The first-order valence-corrected chi connectivity index (χ1v) is 10.7. The number of carboxylic acid groups (broad SMARTS) is 1. The molecule has 0 radical (unpaired) electrons. The van der Waals surface area contributed by atoms with Crippen LogP contribution in [0.2, 0.25) is 0 Å². The van der Waals surface area contributed by atoms with Crippen molar-refractivity contribution in [2.24, 2.45) is 11.5 Å². The van der Waals surface area contributed by atoms with Gasteiger partial charge in [-0.1, -0.05) is 12.1 Å². The van der Waals surface area contributed by atoms with Crippen LogP contribution >= 0.6 is 11.8 Å². The number of amides is 3. The maximum Gasteiger partial charge on any atom is 0.326 e. The van der Waals surface area contributed by atoms with Crippen molar-refractivity contribution in [3.05, 3.63) is 29.8 Å². The lowest BCUT2D eigenvalue weighted by atomic mass is 10.0. The van der Waals surface area contributed by atoms with Gasteiger partial charge in [0.1, 0.15) is 17.8 Å². The molecule has 1 aromatic rings. The van der Waals surface area contributed by atoms with Gasteiger partial charge in [0.2, 0.25) is 17.7 Å². The molecule has 0 aromatic heterocycles. The van der Waals surface area contributed by atoms with Crippen LogP contribution in [0.15, 0.2) is 24.3 Å². The molecule has 30 heavy (non-hydrogen) atoms. The summed E-state index contributed by atoms with van der Waals surface area (Å²) in [6, 6.07) is 2.88. The number of nitrogens with two attached hydrogens (primary N) is 2. The van der Waals surface area contributed by atoms with Gasteiger partial charge in [0, 0.05) is 6.42 Å². The van der Waals surface area contributed by atoms with Crippen molar-refractivity contribution in [2.75, 3.05) is 12.0 Å². The largest absolute Gasteiger partial charge is 0.508 e. The molecule has 3 amide bonds. The number of rotatable bonds is 13. The predicted octanol–water partition coefficient (Wildman–Crippen LogP) is -0.665. The quantitative estimate of drug-likeness (QED) is 0.233. The van der Waals surface area contributed by atoms with Crippen molar-refractivity contribution in [1.82, 2.24) is 10.6 Å². The van der Waals surface area contributed by atoms with Crippen LogP contribution in [-0.4, -0.2) is 64.0 Å². The zero-order valence-corrected chi connectivity index (χ0v) is 17.5. The third kappa shape index (κ3) is 9.14. The summed E-state index contributed by atoms with van der Waals surface area (Å²) in [6.45, 7) is 0. The number of thioether (sulfide) groups is 1. The first-order chi connectivity index (χ1) is 14.1. The lowest BCUT2D eigenvalue weighted by Crippen LogP contribution is -2.55.